The first-order valence-corrected chi connectivity index (χ1v) is 7.14. The van der Waals surface area contributed by atoms with Gasteiger partial charge in [-0.15, -0.1) is 5.10 Å². The van der Waals surface area contributed by atoms with Gasteiger partial charge in [-0.25, -0.2) is 0 Å². The second-order valence-electron chi connectivity index (χ2n) is 5.96. The quantitative estimate of drug-likeness (QED) is 0.847. The Morgan fingerprint density at radius 3 is 2.89 bits per heavy atom. The van der Waals surface area contributed by atoms with E-state index in [2.05, 4.69) is 27.0 Å². The summed E-state index contributed by atoms with van der Waals surface area (Å²) in [7, 11) is 0. The molecule has 1 saturated heterocycles. The minimum atomic E-state index is 0.243. The first-order chi connectivity index (χ1) is 8.72. The zero-order chi connectivity index (χ0) is 12.5. The van der Waals surface area contributed by atoms with Crippen molar-refractivity contribution in [2.75, 3.05) is 18.0 Å². The van der Waals surface area contributed by atoms with Gasteiger partial charge in [0.1, 0.15) is 5.82 Å². The van der Waals surface area contributed by atoms with Crippen LogP contribution in [0.15, 0.2) is 0 Å². The summed E-state index contributed by atoms with van der Waals surface area (Å²) < 4.78 is 0. The summed E-state index contributed by atoms with van der Waals surface area (Å²) >= 11 is 0. The Morgan fingerprint density at radius 1 is 1.39 bits per heavy atom. The third-order valence-electron chi connectivity index (χ3n) is 4.53. The number of nitrogens with two attached hydrogens (primary N) is 1. The zero-order valence-electron chi connectivity index (χ0n) is 11.1. The molecule has 0 aromatic carbocycles. The van der Waals surface area contributed by atoms with E-state index in [9.17, 15) is 0 Å². The highest BCUT2D eigenvalue weighted by atomic mass is 15.4. The van der Waals surface area contributed by atoms with Gasteiger partial charge in [0, 0.05) is 25.6 Å². The molecule has 1 aromatic heterocycles. The fourth-order valence-corrected chi connectivity index (χ4v) is 2.77. The normalized spacial score (nSPS) is 29.3. The smallest absolute Gasteiger partial charge is 0.244 e. The summed E-state index contributed by atoms with van der Waals surface area (Å²) in [5, 5.41) is 7.43. The molecule has 3 N–H and O–H groups in total. The minimum Gasteiger partial charge on any atom is -0.338 e. The van der Waals surface area contributed by atoms with E-state index in [1.165, 1.54) is 19.3 Å². The van der Waals surface area contributed by atoms with Crippen LogP contribution in [0.2, 0.25) is 0 Å². The summed E-state index contributed by atoms with van der Waals surface area (Å²) in [6.45, 7) is 4.12. The summed E-state index contributed by atoms with van der Waals surface area (Å²) in [6, 6.07) is 0.243. The molecular weight excluding hydrogens is 226 g/mol. The molecule has 3 rings (SSSR count). The van der Waals surface area contributed by atoms with Crippen LogP contribution in [-0.4, -0.2) is 34.3 Å². The van der Waals surface area contributed by atoms with E-state index in [4.69, 9.17) is 5.73 Å². The Kier molecular flexibility index (Phi) is 3.24. The second kappa shape index (κ2) is 4.88. The maximum atomic E-state index is 6.12. The second-order valence-corrected chi connectivity index (χ2v) is 5.96. The zero-order valence-corrected chi connectivity index (χ0v) is 11.1. The third kappa shape index (κ3) is 2.36. The van der Waals surface area contributed by atoms with Crippen molar-refractivity contribution >= 4 is 5.95 Å². The van der Waals surface area contributed by atoms with Crippen molar-refractivity contribution in [1.82, 2.24) is 15.2 Å². The van der Waals surface area contributed by atoms with E-state index in [1.807, 2.05) is 0 Å². The lowest BCUT2D eigenvalue weighted by atomic mass is 9.83. The van der Waals surface area contributed by atoms with Crippen LogP contribution >= 0.6 is 0 Å². The molecule has 0 bridgehead atoms. The minimum absolute atomic E-state index is 0.243. The van der Waals surface area contributed by atoms with Gasteiger partial charge in [0.25, 0.3) is 0 Å². The molecule has 2 unspecified atom stereocenters. The predicted molar refractivity (Wildman–Crippen MR) is 71.4 cm³/mol. The molecule has 1 saturated carbocycles. The highest BCUT2D eigenvalue weighted by molar-refractivity contribution is 5.30. The molecule has 1 aliphatic heterocycles. The summed E-state index contributed by atoms with van der Waals surface area (Å²) in [5.74, 6) is 3.32. The average molecular weight is 249 g/mol. The Labute approximate surface area is 108 Å². The van der Waals surface area contributed by atoms with Gasteiger partial charge in [-0.2, -0.15) is 4.98 Å². The van der Waals surface area contributed by atoms with Crippen LogP contribution in [0.4, 0.5) is 5.95 Å². The van der Waals surface area contributed by atoms with E-state index in [1.54, 1.807) is 0 Å². The van der Waals surface area contributed by atoms with Crippen LogP contribution in [0.25, 0.3) is 0 Å². The van der Waals surface area contributed by atoms with E-state index in [-0.39, 0.29) is 6.04 Å². The number of anilines is 1. The molecule has 1 aromatic rings. The SMILES string of the molecule is CC1CCN(c2n[nH]c(CC3CCC3)n2)CC1N. The van der Waals surface area contributed by atoms with Crippen LogP contribution in [0, 0.1) is 11.8 Å². The largest absolute Gasteiger partial charge is 0.338 e. The van der Waals surface area contributed by atoms with Gasteiger partial charge in [0.2, 0.25) is 5.95 Å². The standard InChI is InChI=1S/C13H23N5/c1-9-5-6-18(8-11(9)14)13-15-12(16-17-13)7-10-3-2-4-10/h9-11H,2-8,14H2,1H3,(H,15,16,17). The Bertz CT molecular complexity index is 398. The van der Waals surface area contributed by atoms with E-state index in [0.29, 0.717) is 5.92 Å². The lowest BCUT2D eigenvalue weighted by Gasteiger charge is -2.34. The van der Waals surface area contributed by atoms with Gasteiger partial charge in [-0.05, 0) is 18.3 Å². The van der Waals surface area contributed by atoms with Crippen LogP contribution in [0.1, 0.15) is 38.4 Å². The van der Waals surface area contributed by atoms with Crippen LogP contribution in [0.5, 0.6) is 0 Å². The van der Waals surface area contributed by atoms with Crippen molar-refractivity contribution in [3.63, 3.8) is 0 Å². The fourth-order valence-electron chi connectivity index (χ4n) is 2.77. The molecule has 5 nitrogen and oxygen atoms in total. The van der Waals surface area contributed by atoms with E-state index >= 15 is 0 Å². The molecule has 0 radical (unpaired) electrons. The van der Waals surface area contributed by atoms with Gasteiger partial charge < -0.3 is 10.6 Å². The van der Waals surface area contributed by atoms with E-state index in [0.717, 1.165) is 43.6 Å². The summed E-state index contributed by atoms with van der Waals surface area (Å²) in [4.78, 5) is 6.83. The van der Waals surface area contributed by atoms with Gasteiger partial charge in [-0.1, -0.05) is 26.2 Å². The maximum Gasteiger partial charge on any atom is 0.244 e. The van der Waals surface area contributed by atoms with Gasteiger partial charge in [-0.3, -0.25) is 5.10 Å². The number of aromatic amines is 1. The number of rotatable bonds is 3. The molecular formula is C13H23N5. The molecule has 2 aliphatic rings. The monoisotopic (exact) mass is 249 g/mol. The Balaban J connectivity index is 1.61. The predicted octanol–water partition coefficient (Wildman–Crippen LogP) is 1.32. The summed E-state index contributed by atoms with van der Waals surface area (Å²) in [5.41, 5.74) is 6.12. The van der Waals surface area contributed by atoms with Crippen molar-refractivity contribution in [3.05, 3.63) is 5.82 Å². The first kappa shape index (κ1) is 12.0. The van der Waals surface area contributed by atoms with Crippen molar-refractivity contribution in [3.8, 4) is 0 Å². The average Bonchev–Trinajstić information content (AvgIpc) is 2.76. The Hall–Kier alpha value is -1.10. The number of nitrogens with one attached hydrogen (secondary N) is 1. The topological polar surface area (TPSA) is 70.8 Å². The van der Waals surface area contributed by atoms with Crippen molar-refractivity contribution in [2.24, 2.45) is 17.6 Å². The molecule has 18 heavy (non-hydrogen) atoms. The molecule has 0 amide bonds. The number of H-pyrrole nitrogens is 1. The molecule has 0 spiro atoms. The van der Waals surface area contributed by atoms with Gasteiger partial charge >= 0.3 is 0 Å². The van der Waals surface area contributed by atoms with Crippen molar-refractivity contribution < 1.29 is 0 Å². The number of piperidine rings is 1. The first-order valence-electron chi connectivity index (χ1n) is 7.14. The molecule has 5 heteroatoms. The van der Waals surface area contributed by atoms with Crippen molar-refractivity contribution in [1.29, 1.82) is 0 Å². The molecule has 2 atom stereocenters. The van der Waals surface area contributed by atoms with Crippen molar-refractivity contribution in [2.45, 2.75) is 45.1 Å². The molecule has 2 fully saturated rings. The fraction of sp³-hybridized carbons (Fsp3) is 0.846. The lowest BCUT2D eigenvalue weighted by Crippen LogP contribution is -2.48. The van der Waals surface area contributed by atoms with E-state index < -0.39 is 0 Å². The van der Waals surface area contributed by atoms with Crippen LogP contribution < -0.4 is 10.6 Å². The molecule has 1 aliphatic carbocycles. The number of aromatic nitrogens is 3. The Morgan fingerprint density at radius 2 is 2.22 bits per heavy atom. The number of nitrogens with zero attached hydrogens (tertiary/aromatic N) is 3. The number of hydrogen-bond acceptors (Lipinski definition) is 4. The third-order valence-corrected chi connectivity index (χ3v) is 4.53. The summed E-state index contributed by atoms with van der Waals surface area (Å²) in [6.07, 6.45) is 6.27. The lowest BCUT2D eigenvalue weighted by molar-refractivity contribution is 0.309. The highest BCUT2D eigenvalue weighted by Gasteiger charge is 2.26. The number of hydrogen-bond donors (Lipinski definition) is 2. The maximum absolute atomic E-state index is 6.12. The highest BCUT2D eigenvalue weighted by Crippen LogP contribution is 2.29. The molecule has 100 valence electrons. The van der Waals surface area contributed by atoms with Gasteiger partial charge in [0.05, 0.1) is 0 Å². The van der Waals surface area contributed by atoms with Crippen LogP contribution in [-0.2, 0) is 6.42 Å². The molecule has 2 heterocycles. The van der Waals surface area contributed by atoms with Crippen LogP contribution in [0.3, 0.4) is 0 Å². The van der Waals surface area contributed by atoms with Gasteiger partial charge in [0.15, 0.2) is 0 Å².